The van der Waals surface area contributed by atoms with Crippen LogP contribution in [0.15, 0.2) is 42.5 Å². The van der Waals surface area contributed by atoms with Gasteiger partial charge in [0, 0.05) is 46.8 Å². The molecule has 1 spiro atoms. The second kappa shape index (κ2) is 9.55. The number of nitrogens with one attached hydrogen (secondary N) is 2. The molecule has 1 aromatic heterocycles. The van der Waals surface area contributed by atoms with Crippen molar-refractivity contribution in [3.05, 3.63) is 64.3 Å². The molecule has 0 aliphatic carbocycles. The normalized spacial score (nSPS) is 20.9. The standard InChI is InChI=1S/C27H31ClN4O3/c1-18-19(2)30-24-9-4-20(14-23(18)24)15-29-25(33)16-31-12-3-10-27(11-13-31)17-32(26(34)35-27)22-7-5-21(28)6-8-22/h4-9,14,30H,3,10-13,15-17H2,1-2H3,(H,29,33). The highest BCUT2D eigenvalue weighted by Gasteiger charge is 2.46. The molecule has 0 bridgehead atoms. The van der Waals surface area contributed by atoms with E-state index >= 15 is 0 Å². The molecule has 2 aromatic carbocycles. The summed E-state index contributed by atoms with van der Waals surface area (Å²) < 4.78 is 5.90. The van der Waals surface area contributed by atoms with Gasteiger partial charge in [0.25, 0.3) is 0 Å². The molecule has 2 saturated heterocycles. The van der Waals surface area contributed by atoms with Crippen LogP contribution >= 0.6 is 11.6 Å². The predicted molar refractivity (Wildman–Crippen MR) is 138 cm³/mol. The number of aromatic amines is 1. The molecule has 1 unspecified atom stereocenters. The van der Waals surface area contributed by atoms with Crippen molar-refractivity contribution >= 4 is 40.2 Å². The van der Waals surface area contributed by atoms with Gasteiger partial charge < -0.3 is 15.0 Å². The van der Waals surface area contributed by atoms with E-state index in [1.165, 1.54) is 16.6 Å². The summed E-state index contributed by atoms with van der Waals surface area (Å²) >= 11 is 5.99. The number of anilines is 1. The smallest absolute Gasteiger partial charge is 0.415 e. The number of carbonyl (C=O) groups excluding carboxylic acids is 2. The molecule has 2 fully saturated rings. The van der Waals surface area contributed by atoms with Crippen LogP contribution in [0.25, 0.3) is 10.9 Å². The number of rotatable bonds is 5. The first-order valence-corrected chi connectivity index (χ1v) is 12.5. The van der Waals surface area contributed by atoms with E-state index in [0.717, 1.165) is 36.2 Å². The van der Waals surface area contributed by atoms with Gasteiger partial charge in [0.15, 0.2) is 0 Å². The fraction of sp³-hybridized carbons (Fsp3) is 0.407. The lowest BCUT2D eigenvalue weighted by atomic mass is 9.95. The minimum atomic E-state index is -0.510. The van der Waals surface area contributed by atoms with Crippen molar-refractivity contribution in [1.82, 2.24) is 15.2 Å². The van der Waals surface area contributed by atoms with Crippen LogP contribution in [0.3, 0.4) is 0 Å². The molecule has 184 valence electrons. The second-order valence-corrected chi connectivity index (χ2v) is 10.2. The third-order valence-corrected chi connectivity index (χ3v) is 7.58. The molecule has 5 rings (SSSR count). The van der Waals surface area contributed by atoms with Gasteiger partial charge >= 0.3 is 6.09 Å². The topological polar surface area (TPSA) is 77.7 Å². The Labute approximate surface area is 210 Å². The molecule has 3 heterocycles. The van der Waals surface area contributed by atoms with Crippen LogP contribution in [0.1, 0.15) is 36.1 Å². The Balaban J connectivity index is 1.15. The molecule has 2 aliphatic heterocycles. The molecule has 35 heavy (non-hydrogen) atoms. The van der Waals surface area contributed by atoms with E-state index in [1.54, 1.807) is 17.0 Å². The summed E-state index contributed by atoms with van der Waals surface area (Å²) in [5.74, 6) is 0.00854. The lowest BCUT2D eigenvalue weighted by Gasteiger charge is -2.25. The molecule has 3 aromatic rings. The number of carbonyl (C=O) groups is 2. The molecule has 0 radical (unpaired) electrons. The number of hydrogen-bond acceptors (Lipinski definition) is 4. The number of halogens is 1. The minimum Gasteiger partial charge on any atom is -0.441 e. The lowest BCUT2D eigenvalue weighted by Crippen LogP contribution is -2.39. The Bertz CT molecular complexity index is 1260. The first-order chi connectivity index (χ1) is 16.8. The van der Waals surface area contributed by atoms with E-state index in [4.69, 9.17) is 16.3 Å². The first kappa shape index (κ1) is 23.7. The molecule has 7 nitrogen and oxygen atoms in total. The molecule has 8 heteroatoms. The lowest BCUT2D eigenvalue weighted by molar-refractivity contribution is -0.122. The van der Waals surface area contributed by atoms with Crippen LogP contribution in [0.2, 0.25) is 5.02 Å². The number of aromatic nitrogens is 1. The van der Waals surface area contributed by atoms with Crippen LogP contribution in [0.4, 0.5) is 10.5 Å². The minimum absolute atomic E-state index is 0.00854. The summed E-state index contributed by atoms with van der Waals surface area (Å²) in [6.45, 7) is 7.07. The quantitative estimate of drug-likeness (QED) is 0.527. The third kappa shape index (κ3) is 5.02. The molecular formula is C27H31ClN4O3. The van der Waals surface area contributed by atoms with Gasteiger partial charge in [-0.3, -0.25) is 14.6 Å². The number of benzene rings is 2. The molecule has 2 amide bonds. The number of aryl methyl sites for hydroxylation is 2. The van der Waals surface area contributed by atoms with E-state index in [9.17, 15) is 9.59 Å². The molecule has 2 aliphatic rings. The summed E-state index contributed by atoms with van der Waals surface area (Å²) in [6.07, 6.45) is 2.05. The van der Waals surface area contributed by atoms with Crippen molar-refractivity contribution < 1.29 is 14.3 Å². The Morgan fingerprint density at radius 1 is 1.14 bits per heavy atom. The van der Waals surface area contributed by atoms with Gasteiger partial charge in [0.1, 0.15) is 5.60 Å². The fourth-order valence-corrected chi connectivity index (χ4v) is 5.29. The van der Waals surface area contributed by atoms with Crippen LogP contribution < -0.4 is 10.2 Å². The Morgan fingerprint density at radius 2 is 1.94 bits per heavy atom. The van der Waals surface area contributed by atoms with Gasteiger partial charge in [-0.05, 0) is 80.8 Å². The van der Waals surface area contributed by atoms with Gasteiger partial charge in [0.05, 0.1) is 13.1 Å². The van der Waals surface area contributed by atoms with E-state index in [-0.39, 0.29) is 12.0 Å². The molecule has 1 atom stereocenters. The average Bonchev–Trinajstić information content (AvgIpc) is 3.23. The second-order valence-electron chi connectivity index (χ2n) is 9.77. The first-order valence-electron chi connectivity index (χ1n) is 12.1. The van der Waals surface area contributed by atoms with E-state index in [0.29, 0.717) is 37.6 Å². The van der Waals surface area contributed by atoms with Gasteiger partial charge in [-0.1, -0.05) is 17.7 Å². The zero-order valence-corrected chi connectivity index (χ0v) is 21.0. The number of fused-ring (bicyclic) bond motifs is 1. The number of hydrogen-bond donors (Lipinski definition) is 2. The van der Waals surface area contributed by atoms with Crippen molar-refractivity contribution in [2.24, 2.45) is 0 Å². The largest absolute Gasteiger partial charge is 0.441 e. The number of likely N-dealkylation sites (tertiary alicyclic amines) is 1. The maximum absolute atomic E-state index is 12.7. The highest BCUT2D eigenvalue weighted by atomic mass is 35.5. The van der Waals surface area contributed by atoms with E-state index in [1.807, 2.05) is 12.1 Å². The maximum atomic E-state index is 12.7. The number of nitrogens with zero attached hydrogens (tertiary/aromatic N) is 2. The highest BCUT2D eigenvalue weighted by molar-refractivity contribution is 6.30. The predicted octanol–water partition coefficient (Wildman–Crippen LogP) is 4.94. The molecular weight excluding hydrogens is 464 g/mol. The van der Waals surface area contributed by atoms with Gasteiger partial charge in [-0.15, -0.1) is 0 Å². The van der Waals surface area contributed by atoms with Crippen molar-refractivity contribution in [3.8, 4) is 0 Å². The Kier molecular flexibility index (Phi) is 6.47. The Morgan fingerprint density at radius 3 is 2.74 bits per heavy atom. The van der Waals surface area contributed by atoms with E-state index < -0.39 is 5.60 Å². The number of amides is 2. The highest BCUT2D eigenvalue weighted by Crippen LogP contribution is 2.36. The fourth-order valence-electron chi connectivity index (χ4n) is 5.16. The van der Waals surface area contributed by atoms with Gasteiger partial charge in [0.2, 0.25) is 5.91 Å². The van der Waals surface area contributed by atoms with Crippen LogP contribution in [-0.2, 0) is 16.1 Å². The summed E-state index contributed by atoms with van der Waals surface area (Å²) in [6, 6.07) is 13.5. The van der Waals surface area contributed by atoms with E-state index in [2.05, 4.69) is 47.2 Å². The van der Waals surface area contributed by atoms with Gasteiger partial charge in [-0.2, -0.15) is 0 Å². The summed E-state index contributed by atoms with van der Waals surface area (Å²) in [4.78, 5) is 32.5. The van der Waals surface area contributed by atoms with Crippen LogP contribution in [0, 0.1) is 13.8 Å². The number of H-pyrrole nitrogens is 1. The maximum Gasteiger partial charge on any atom is 0.415 e. The summed E-state index contributed by atoms with van der Waals surface area (Å²) in [5, 5.41) is 4.90. The molecule has 0 saturated carbocycles. The van der Waals surface area contributed by atoms with Crippen LogP contribution in [0.5, 0.6) is 0 Å². The number of ether oxygens (including phenoxy) is 1. The summed E-state index contributed by atoms with van der Waals surface area (Å²) in [7, 11) is 0. The summed E-state index contributed by atoms with van der Waals surface area (Å²) in [5.41, 5.74) is 4.90. The molecule has 2 N–H and O–H groups in total. The van der Waals surface area contributed by atoms with Crippen molar-refractivity contribution in [1.29, 1.82) is 0 Å². The van der Waals surface area contributed by atoms with Gasteiger partial charge in [-0.25, -0.2) is 4.79 Å². The average molecular weight is 495 g/mol. The Hall–Kier alpha value is -3.03. The third-order valence-electron chi connectivity index (χ3n) is 7.33. The van der Waals surface area contributed by atoms with Crippen molar-refractivity contribution in [2.45, 2.75) is 45.3 Å². The monoisotopic (exact) mass is 494 g/mol. The van der Waals surface area contributed by atoms with Crippen LogP contribution in [-0.4, -0.2) is 53.7 Å². The SMILES string of the molecule is Cc1[nH]c2ccc(CNC(=O)CN3CCCC4(CC3)CN(c3ccc(Cl)cc3)C(=O)O4)cc2c1C. The van der Waals surface area contributed by atoms with Crippen molar-refractivity contribution in [2.75, 3.05) is 31.1 Å². The van der Waals surface area contributed by atoms with Crippen molar-refractivity contribution in [3.63, 3.8) is 0 Å². The zero-order valence-electron chi connectivity index (χ0n) is 20.2. The zero-order chi connectivity index (χ0) is 24.6.